The number of fused-ring (bicyclic) bond motifs is 1. The highest BCUT2D eigenvalue weighted by molar-refractivity contribution is 9.10. The van der Waals surface area contributed by atoms with Gasteiger partial charge in [-0.15, -0.1) is 11.6 Å². The van der Waals surface area contributed by atoms with Crippen LogP contribution in [0, 0.1) is 0 Å². The molecule has 0 aliphatic carbocycles. The van der Waals surface area contributed by atoms with Gasteiger partial charge in [0.05, 0.1) is 0 Å². The van der Waals surface area contributed by atoms with E-state index >= 15 is 0 Å². The van der Waals surface area contributed by atoms with E-state index < -0.39 is 0 Å². The number of ketones is 1. The molecule has 0 saturated carbocycles. The Morgan fingerprint density at radius 3 is 2.79 bits per heavy atom. The maximum absolute atomic E-state index is 12.1. The van der Waals surface area contributed by atoms with Crippen molar-refractivity contribution in [3.8, 4) is 0 Å². The first-order valence-electron chi connectivity index (χ1n) is 6.24. The zero-order valence-electron chi connectivity index (χ0n) is 10.7. The van der Waals surface area contributed by atoms with E-state index in [1.807, 2.05) is 12.1 Å². The van der Waals surface area contributed by atoms with Crippen LogP contribution in [0.25, 0.3) is 0 Å². The van der Waals surface area contributed by atoms with Gasteiger partial charge in [0.15, 0.2) is 5.78 Å². The van der Waals surface area contributed by atoms with Crippen LogP contribution >= 0.6 is 27.5 Å². The molecule has 1 aromatic carbocycles. The number of hydrogen-bond acceptors (Lipinski definition) is 2. The highest BCUT2D eigenvalue weighted by Gasteiger charge is 2.24. The number of benzene rings is 1. The third-order valence-electron chi connectivity index (χ3n) is 3.28. The van der Waals surface area contributed by atoms with Crippen LogP contribution in [0.1, 0.15) is 35.7 Å². The summed E-state index contributed by atoms with van der Waals surface area (Å²) in [6.45, 7) is 2.24. The standard InChI is InChI=1S/C14H15BrClNO2/c1-9(18)17-6-4-10-7-12(15)11(8-13(10)17)14(19)3-2-5-16/h7-8H,2-6H2,1H3. The fourth-order valence-electron chi connectivity index (χ4n) is 2.31. The van der Waals surface area contributed by atoms with Crippen molar-refractivity contribution in [3.63, 3.8) is 0 Å². The van der Waals surface area contributed by atoms with Crippen LogP contribution in [0.15, 0.2) is 16.6 Å². The van der Waals surface area contributed by atoms with Crippen LogP contribution < -0.4 is 4.90 Å². The number of carbonyl (C=O) groups excluding carboxylic acids is 2. The molecule has 0 fully saturated rings. The summed E-state index contributed by atoms with van der Waals surface area (Å²) in [7, 11) is 0. The maximum atomic E-state index is 12.1. The van der Waals surface area contributed by atoms with Gasteiger partial charge in [0.1, 0.15) is 0 Å². The lowest BCUT2D eigenvalue weighted by atomic mass is 10.0. The molecule has 0 aromatic heterocycles. The molecule has 1 heterocycles. The van der Waals surface area contributed by atoms with Gasteiger partial charge < -0.3 is 4.90 Å². The lowest BCUT2D eigenvalue weighted by Gasteiger charge is -2.16. The number of rotatable bonds is 4. The van der Waals surface area contributed by atoms with Gasteiger partial charge in [-0.1, -0.05) is 15.9 Å². The number of Topliss-reactive ketones (excluding diaryl/α,β-unsaturated/α-hetero) is 1. The van der Waals surface area contributed by atoms with E-state index in [1.54, 1.807) is 11.8 Å². The van der Waals surface area contributed by atoms with Crippen molar-refractivity contribution >= 4 is 44.9 Å². The van der Waals surface area contributed by atoms with Crippen molar-refractivity contribution in [1.29, 1.82) is 0 Å². The number of anilines is 1. The van der Waals surface area contributed by atoms with Crippen LogP contribution in [0.4, 0.5) is 5.69 Å². The molecule has 3 nitrogen and oxygen atoms in total. The van der Waals surface area contributed by atoms with Crippen molar-refractivity contribution in [2.45, 2.75) is 26.2 Å². The zero-order chi connectivity index (χ0) is 14.0. The van der Waals surface area contributed by atoms with Gasteiger partial charge in [0.25, 0.3) is 0 Å². The summed E-state index contributed by atoms with van der Waals surface area (Å²) in [4.78, 5) is 25.4. The number of carbonyl (C=O) groups is 2. The maximum Gasteiger partial charge on any atom is 0.223 e. The van der Waals surface area contributed by atoms with Gasteiger partial charge in [0.2, 0.25) is 5.91 Å². The molecular weight excluding hydrogens is 330 g/mol. The van der Waals surface area contributed by atoms with Gasteiger partial charge in [-0.05, 0) is 30.5 Å². The molecule has 102 valence electrons. The lowest BCUT2D eigenvalue weighted by Crippen LogP contribution is -2.25. The Morgan fingerprint density at radius 2 is 2.16 bits per heavy atom. The minimum atomic E-state index is 0.0141. The minimum Gasteiger partial charge on any atom is -0.312 e. The predicted molar refractivity (Wildman–Crippen MR) is 80.2 cm³/mol. The third-order valence-corrected chi connectivity index (χ3v) is 4.21. The van der Waals surface area contributed by atoms with Gasteiger partial charge >= 0.3 is 0 Å². The molecule has 1 aliphatic heterocycles. The van der Waals surface area contributed by atoms with E-state index in [0.29, 0.717) is 30.8 Å². The number of hydrogen-bond donors (Lipinski definition) is 0. The van der Waals surface area contributed by atoms with E-state index in [-0.39, 0.29) is 11.7 Å². The van der Waals surface area contributed by atoms with Crippen LogP contribution in [-0.2, 0) is 11.2 Å². The number of amides is 1. The van der Waals surface area contributed by atoms with Gasteiger partial charge in [-0.3, -0.25) is 9.59 Å². The summed E-state index contributed by atoms with van der Waals surface area (Å²) in [6, 6.07) is 3.77. The van der Waals surface area contributed by atoms with Gasteiger partial charge in [-0.2, -0.15) is 0 Å². The second kappa shape index (κ2) is 6.06. The fraction of sp³-hybridized carbons (Fsp3) is 0.429. The Balaban J connectivity index is 2.34. The Morgan fingerprint density at radius 1 is 1.42 bits per heavy atom. The zero-order valence-corrected chi connectivity index (χ0v) is 13.1. The van der Waals surface area contributed by atoms with E-state index in [9.17, 15) is 9.59 Å². The predicted octanol–water partition coefficient (Wildman–Crippen LogP) is 3.56. The van der Waals surface area contributed by atoms with E-state index in [4.69, 9.17) is 11.6 Å². The Labute approximate surface area is 126 Å². The summed E-state index contributed by atoms with van der Waals surface area (Å²) in [5.74, 6) is 0.555. The summed E-state index contributed by atoms with van der Waals surface area (Å²) >= 11 is 9.06. The molecule has 0 spiro atoms. The summed E-state index contributed by atoms with van der Waals surface area (Å²) < 4.78 is 0.802. The van der Waals surface area contributed by atoms with Crippen LogP contribution in [0.2, 0.25) is 0 Å². The molecule has 1 amide bonds. The molecule has 19 heavy (non-hydrogen) atoms. The molecule has 0 radical (unpaired) electrons. The highest BCUT2D eigenvalue weighted by Crippen LogP contribution is 2.34. The molecule has 0 bridgehead atoms. The van der Waals surface area contributed by atoms with Crippen LogP contribution in [0.5, 0.6) is 0 Å². The van der Waals surface area contributed by atoms with E-state index in [2.05, 4.69) is 15.9 Å². The topological polar surface area (TPSA) is 37.4 Å². The summed E-state index contributed by atoms with van der Waals surface area (Å²) in [5, 5.41) is 0. The third kappa shape index (κ3) is 3.00. The first kappa shape index (κ1) is 14.5. The fourth-order valence-corrected chi connectivity index (χ4v) is 3.06. The van der Waals surface area contributed by atoms with Crippen molar-refractivity contribution in [1.82, 2.24) is 0 Å². The Hall–Kier alpha value is -0.870. The molecule has 1 aromatic rings. The monoisotopic (exact) mass is 343 g/mol. The SMILES string of the molecule is CC(=O)N1CCc2cc(Br)c(C(=O)CCCCl)cc21. The van der Waals surface area contributed by atoms with Crippen molar-refractivity contribution in [3.05, 3.63) is 27.7 Å². The Bertz CT molecular complexity index is 530. The largest absolute Gasteiger partial charge is 0.312 e. The van der Waals surface area contributed by atoms with Gasteiger partial charge in [-0.25, -0.2) is 0 Å². The van der Waals surface area contributed by atoms with Crippen LogP contribution in [-0.4, -0.2) is 24.1 Å². The summed E-state index contributed by atoms with van der Waals surface area (Å²) in [6.07, 6.45) is 1.94. The molecule has 0 atom stereocenters. The summed E-state index contributed by atoms with van der Waals surface area (Å²) in [5.41, 5.74) is 2.61. The quantitative estimate of drug-likeness (QED) is 0.618. The first-order chi connectivity index (χ1) is 9.04. The number of alkyl halides is 1. The molecule has 0 saturated heterocycles. The number of nitrogens with zero attached hydrogens (tertiary/aromatic N) is 1. The second-order valence-corrected chi connectivity index (χ2v) is 5.83. The molecular formula is C14H15BrClNO2. The van der Waals surface area contributed by atoms with Gasteiger partial charge in [0, 0.05) is 41.5 Å². The Kier molecular flexibility index (Phi) is 4.63. The number of halogens is 2. The van der Waals surface area contributed by atoms with E-state index in [0.717, 1.165) is 22.1 Å². The van der Waals surface area contributed by atoms with E-state index in [1.165, 1.54) is 0 Å². The van der Waals surface area contributed by atoms with Crippen molar-refractivity contribution in [2.75, 3.05) is 17.3 Å². The van der Waals surface area contributed by atoms with Crippen molar-refractivity contribution < 1.29 is 9.59 Å². The average Bonchev–Trinajstić information content (AvgIpc) is 2.77. The van der Waals surface area contributed by atoms with Crippen molar-refractivity contribution in [2.24, 2.45) is 0 Å². The average molecular weight is 345 g/mol. The minimum absolute atomic E-state index is 0.0141. The lowest BCUT2D eigenvalue weighted by molar-refractivity contribution is -0.116. The molecule has 2 rings (SSSR count). The molecule has 5 heteroatoms. The van der Waals surface area contributed by atoms with Crippen LogP contribution in [0.3, 0.4) is 0 Å². The first-order valence-corrected chi connectivity index (χ1v) is 7.57. The molecule has 0 N–H and O–H groups in total. The highest BCUT2D eigenvalue weighted by atomic mass is 79.9. The molecule has 0 unspecified atom stereocenters. The normalized spacial score (nSPS) is 13.5. The molecule has 1 aliphatic rings. The second-order valence-electron chi connectivity index (χ2n) is 4.60. The smallest absolute Gasteiger partial charge is 0.223 e.